The van der Waals surface area contributed by atoms with Gasteiger partial charge in [0.05, 0.1) is 17.7 Å². The van der Waals surface area contributed by atoms with E-state index >= 15 is 0 Å². The molecule has 9 heteroatoms. The highest BCUT2D eigenvalue weighted by molar-refractivity contribution is 7.92. The fourth-order valence-electron chi connectivity index (χ4n) is 5.12. The topological polar surface area (TPSA) is 96.0 Å². The fourth-order valence-corrected chi connectivity index (χ4v) is 6.56. The van der Waals surface area contributed by atoms with Crippen molar-refractivity contribution in [2.75, 3.05) is 18.0 Å². The molecule has 0 unspecified atom stereocenters. The van der Waals surface area contributed by atoms with Crippen molar-refractivity contribution in [2.24, 2.45) is 0 Å². The third-order valence-corrected chi connectivity index (χ3v) is 9.23. The van der Waals surface area contributed by atoms with Crippen molar-refractivity contribution >= 4 is 27.5 Å². The van der Waals surface area contributed by atoms with Crippen LogP contribution in [0.25, 0.3) is 0 Å². The molecule has 46 heavy (non-hydrogen) atoms. The van der Waals surface area contributed by atoms with Crippen molar-refractivity contribution in [3.8, 4) is 5.75 Å². The highest BCUT2D eigenvalue weighted by atomic mass is 32.2. The number of nitrogens with one attached hydrogen (secondary N) is 1. The van der Waals surface area contributed by atoms with Crippen molar-refractivity contribution in [2.45, 2.75) is 64.1 Å². The molecular formula is C37H43N3O5S. The summed E-state index contributed by atoms with van der Waals surface area (Å²) in [4.78, 5) is 30.2. The van der Waals surface area contributed by atoms with E-state index in [0.717, 1.165) is 26.6 Å². The van der Waals surface area contributed by atoms with E-state index in [9.17, 15) is 18.0 Å². The summed E-state index contributed by atoms with van der Waals surface area (Å²) in [6.07, 6.45) is 0.236. The number of anilines is 1. The predicted molar refractivity (Wildman–Crippen MR) is 182 cm³/mol. The second-order valence-corrected chi connectivity index (χ2v) is 14.3. The Kier molecular flexibility index (Phi) is 10.9. The summed E-state index contributed by atoms with van der Waals surface area (Å²) in [5.74, 6) is -0.564. The van der Waals surface area contributed by atoms with Crippen LogP contribution in [0.4, 0.5) is 5.69 Å². The van der Waals surface area contributed by atoms with Crippen LogP contribution in [-0.2, 0) is 32.6 Å². The number of amides is 2. The molecule has 0 aliphatic rings. The molecule has 0 saturated heterocycles. The molecule has 8 nitrogen and oxygen atoms in total. The van der Waals surface area contributed by atoms with Crippen molar-refractivity contribution in [3.05, 3.63) is 125 Å². The van der Waals surface area contributed by atoms with Crippen molar-refractivity contribution in [3.63, 3.8) is 0 Å². The molecule has 242 valence electrons. The number of benzene rings is 4. The maximum atomic E-state index is 14.7. The number of sulfonamides is 1. The number of carbonyl (C=O) groups is 2. The molecule has 0 spiro atoms. The molecule has 1 atom stereocenters. The van der Waals surface area contributed by atoms with Gasteiger partial charge in [-0.1, -0.05) is 84.4 Å². The second kappa shape index (κ2) is 14.6. The van der Waals surface area contributed by atoms with E-state index in [0.29, 0.717) is 5.75 Å². The molecule has 0 aromatic heterocycles. The molecule has 0 heterocycles. The van der Waals surface area contributed by atoms with Crippen LogP contribution in [0.3, 0.4) is 0 Å². The van der Waals surface area contributed by atoms with Crippen LogP contribution in [0.15, 0.2) is 108 Å². The third-order valence-electron chi connectivity index (χ3n) is 7.46. The minimum atomic E-state index is -4.24. The lowest BCUT2D eigenvalue weighted by atomic mass is 10.0. The van der Waals surface area contributed by atoms with Crippen LogP contribution >= 0.6 is 0 Å². The van der Waals surface area contributed by atoms with E-state index in [1.807, 2.05) is 95.3 Å². The van der Waals surface area contributed by atoms with Crippen LogP contribution in [0, 0.1) is 13.8 Å². The molecule has 0 aliphatic heterocycles. The number of hydrogen-bond acceptors (Lipinski definition) is 5. The molecule has 0 saturated carbocycles. The predicted octanol–water partition coefficient (Wildman–Crippen LogP) is 6.06. The van der Waals surface area contributed by atoms with Crippen LogP contribution in [0.2, 0.25) is 0 Å². The summed E-state index contributed by atoms with van der Waals surface area (Å²) in [6.45, 7) is 9.01. The first-order chi connectivity index (χ1) is 21.8. The molecule has 2 amide bonds. The summed E-state index contributed by atoms with van der Waals surface area (Å²) in [5.41, 5.74) is 3.19. The molecule has 0 radical (unpaired) electrons. The zero-order valence-electron chi connectivity index (χ0n) is 27.4. The monoisotopic (exact) mass is 641 g/mol. The smallest absolute Gasteiger partial charge is 0.264 e. The largest absolute Gasteiger partial charge is 0.495 e. The number of hydrogen-bond donors (Lipinski definition) is 1. The lowest BCUT2D eigenvalue weighted by Gasteiger charge is -2.35. The summed E-state index contributed by atoms with van der Waals surface area (Å²) >= 11 is 0. The van der Waals surface area contributed by atoms with E-state index in [1.54, 1.807) is 30.3 Å². The number of methoxy groups -OCH3 is 1. The number of carbonyl (C=O) groups excluding carboxylic acids is 2. The number of rotatable bonds is 12. The van der Waals surface area contributed by atoms with Gasteiger partial charge >= 0.3 is 0 Å². The SMILES string of the molecule is COc1ccc(C)cc1N(CC(=O)N(Cc1ccc(C)cc1)[C@@H](Cc1ccccc1)C(=O)NC(C)(C)C)S(=O)(=O)c1ccccc1. The molecule has 4 aromatic carbocycles. The van der Waals surface area contributed by atoms with Gasteiger partial charge in [0.1, 0.15) is 18.3 Å². The minimum Gasteiger partial charge on any atom is -0.495 e. The third kappa shape index (κ3) is 8.75. The van der Waals surface area contributed by atoms with Crippen molar-refractivity contribution < 1.29 is 22.7 Å². The Bertz CT molecular complexity index is 1740. The van der Waals surface area contributed by atoms with Gasteiger partial charge in [-0.05, 0) is 75.6 Å². The first kappa shape index (κ1) is 34.2. The molecule has 0 fully saturated rings. The summed E-state index contributed by atoms with van der Waals surface area (Å²) < 4.78 is 35.2. The number of ether oxygens (including phenoxy) is 1. The van der Waals surface area contributed by atoms with Gasteiger partial charge in [-0.3, -0.25) is 13.9 Å². The molecule has 0 aliphatic carbocycles. The Labute approximate surface area is 273 Å². The van der Waals surface area contributed by atoms with Gasteiger partial charge in [-0.2, -0.15) is 0 Å². The zero-order chi connectivity index (χ0) is 33.5. The van der Waals surface area contributed by atoms with E-state index in [-0.39, 0.29) is 29.5 Å². The molecule has 4 rings (SSSR count). The highest BCUT2D eigenvalue weighted by Crippen LogP contribution is 2.34. The van der Waals surface area contributed by atoms with Crippen LogP contribution in [0.5, 0.6) is 5.75 Å². The second-order valence-electron chi connectivity index (χ2n) is 12.5. The van der Waals surface area contributed by atoms with Crippen molar-refractivity contribution in [1.29, 1.82) is 0 Å². The lowest BCUT2D eigenvalue weighted by Crippen LogP contribution is -2.56. The molecule has 1 N–H and O–H groups in total. The average Bonchev–Trinajstić information content (AvgIpc) is 3.02. The lowest BCUT2D eigenvalue weighted by molar-refractivity contribution is -0.140. The van der Waals surface area contributed by atoms with Gasteiger partial charge < -0.3 is 15.0 Å². The van der Waals surface area contributed by atoms with Crippen LogP contribution in [0.1, 0.15) is 43.0 Å². The normalized spacial score (nSPS) is 12.2. The summed E-state index contributed by atoms with van der Waals surface area (Å²) in [5, 5.41) is 3.05. The Balaban J connectivity index is 1.85. The maximum absolute atomic E-state index is 14.7. The van der Waals surface area contributed by atoms with Gasteiger partial charge in [0.25, 0.3) is 10.0 Å². The number of nitrogens with zero attached hydrogens (tertiary/aromatic N) is 2. The van der Waals surface area contributed by atoms with Gasteiger partial charge in [-0.15, -0.1) is 0 Å². The van der Waals surface area contributed by atoms with E-state index in [4.69, 9.17) is 4.74 Å². The minimum absolute atomic E-state index is 0.0303. The van der Waals surface area contributed by atoms with E-state index < -0.39 is 34.1 Å². The Morgan fingerprint density at radius 2 is 1.39 bits per heavy atom. The quantitative estimate of drug-likeness (QED) is 0.203. The Hall–Kier alpha value is -4.63. The summed E-state index contributed by atoms with van der Waals surface area (Å²) in [6, 6.07) is 29.5. The number of aryl methyl sites for hydroxylation is 2. The van der Waals surface area contributed by atoms with Crippen LogP contribution < -0.4 is 14.4 Å². The van der Waals surface area contributed by atoms with Gasteiger partial charge in [-0.25, -0.2) is 8.42 Å². The van der Waals surface area contributed by atoms with Gasteiger partial charge in [0.2, 0.25) is 11.8 Å². The van der Waals surface area contributed by atoms with Gasteiger partial charge in [0, 0.05) is 18.5 Å². The molecular weight excluding hydrogens is 598 g/mol. The van der Waals surface area contributed by atoms with Gasteiger partial charge in [0.15, 0.2) is 0 Å². The standard InChI is InChI=1S/C37H43N3O5S/c1-27-17-20-30(21-18-27)25-39(33(36(42)38-37(3,4)5)24-29-13-9-7-10-14-29)35(41)26-40(32-23-28(2)19-22-34(32)45-6)46(43,44)31-15-11-8-12-16-31/h7-23,33H,24-26H2,1-6H3,(H,38,42)/t33-/m0/s1. The maximum Gasteiger partial charge on any atom is 0.264 e. The Morgan fingerprint density at radius 3 is 1.98 bits per heavy atom. The highest BCUT2D eigenvalue weighted by Gasteiger charge is 2.36. The zero-order valence-corrected chi connectivity index (χ0v) is 28.2. The first-order valence-corrected chi connectivity index (χ1v) is 16.7. The van der Waals surface area contributed by atoms with E-state index in [2.05, 4.69) is 5.32 Å². The van der Waals surface area contributed by atoms with Crippen molar-refractivity contribution in [1.82, 2.24) is 10.2 Å². The van der Waals surface area contributed by atoms with Crippen LogP contribution in [-0.4, -0.2) is 50.4 Å². The fraction of sp³-hybridized carbons (Fsp3) is 0.297. The molecule has 0 bridgehead atoms. The first-order valence-electron chi connectivity index (χ1n) is 15.2. The summed E-state index contributed by atoms with van der Waals surface area (Å²) in [7, 11) is -2.78. The van der Waals surface area contributed by atoms with E-state index in [1.165, 1.54) is 24.1 Å². The Morgan fingerprint density at radius 1 is 0.804 bits per heavy atom. The molecule has 4 aromatic rings. The average molecular weight is 642 g/mol.